The Bertz CT molecular complexity index is 1220. The van der Waals surface area contributed by atoms with E-state index < -0.39 is 23.4 Å². The SMILES string of the molecule is COc1ccc(N2C(=O)C(Nc3ccc(F)cc3)=C(c3ccc(F)cc3)C2=O)c(OC)c1. The Morgan fingerprint density at radius 2 is 1.41 bits per heavy atom. The quantitative estimate of drug-likeness (QED) is 0.581. The van der Waals surface area contributed by atoms with Gasteiger partial charge in [0.05, 0.1) is 25.5 Å². The lowest BCUT2D eigenvalue weighted by Crippen LogP contribution is -2.32. The molecule has 3 aromatic carbocycles. The van der Waals surface area contributed by atoms with Crippen LogP contribution in [0.25, 0.3) is 5.57 Å². The lowest BCUT2D eigenvalue weighted by molar-refractivity contribution is -0.120. The van der Waals surface area contributed by atoms with Gasteiger partial charge in [0, 0.05) is 11.8 Å². The lowest BCUT2D eigenvalue weighted by atomic mass is 10.0. The smallest absolute Gasteiger partial charge is 0.282 e. The first-order chi connectivity index (χ1) is 15.4. The Labute approximate surface area is 182 Å². The molecule has 0 bridgehead atoms. The second kappa shape index (κ2) is 8.50. The van der Waals surface area contributed by atoms with E-state index in [2.05, 4.69) is 5.32 Å². The summed E-state index contributed by atoms with van der Waals surface area (Å²) in [5.74, 6) is -1.43. The molecule has 1 heterocycles. The van der Waals surface area contributed by atoms with Crippen LogP contribution in [0.15, 0.2) is 72.4 Å². The van der Waals surface area contributed by atoms with Crippen LogP contribution in [0, 0.1) is 11.6 Å². The summed E-state index contributed by atoms with van der Waals surface area (Å²) in [5, 5.41) is 2.91. The van der Waals surface area contributed by atoms with Crippen LogP contribution >= 0.6 is 0 Å². The number of amides is 2. The molecule has 4 rings (SSSR count). The number of benzene rings is 3. The fourth-order valence-corrected chi connectivity index (χ4v) is 3.40. The third-order valence-corrected chi connectivity index (χ3v) is 4.96. The van der Waals surface area contributed by atoms with E-state index in [9.17, 15) is 18.4 Å². The van der Waals surface area contributed by atoms with Gasteiger partial charge in [-0.25, -0.2) is 13.7 Å². The van der Waals surface area contributed by atoms with Crippen LogP contribution in [0.1, 0.15) is 5.56 Å². The molecule has 0 radical (unpaired) electrons. The number of methoxy groups -OCH3 is 2. The van der Waals surface area contributed by atoms with Crippen molar-refractivity contribution in [3.05, 3.63) is 89.6 Å². The van der Waals surface area contributed by atoms with Crippen molar-refractivity contribution in [2.45, 2.75) is 0 Å². The van der Waals surface area contributed by atoms with Gasteiger partial charge in [0.25, 0.3) is 11.8 Å². The van der Waals surface area contributed by atoms with Crippen molar-refractivity contribution >= 4 is 28.8 Å². The van der Waals surface area contributed by atoms with E-state index in [1.807, 2.05) is 0 Å². The first-order valence-corrected chi connectivity index (χ1v) is 9.56. The molecule has 3 aromatic rings. The molecular formula is C24H18F2N2O4. The summed E-state index contributed by atoms with van der Waals surface area (Å²) < 4.78 is 37.3. The van der Waals surface area contributed by atoms with Crippen LogP contribution in [-0.2, 0) is 9.59 Å². The second-order valence-electron chi connectivity index (χ2n) is 6.87. The second-order valence-corrected chi connectivity index (χ2v) is 6.87. The predicted octanol–water partition coefficient (Wildman–Crippen LogP) is 4.38. The van der Waals surface area contributed by atoms with Crippen LogP contribution < -0.4 is 19.7 Å². The zero-order chi connectivity index (χ0) is 22.8. The number of carbonyl (C=O) groups excluding carboxylic acids is 2. The summed E-state index contributed by atoms with van der Waals surface area (Å²) >= 11 is 0. The van der Waals surface area contributed by atoms with Gasteiger partial charge in [-0.2, -0.15) is 0 Å². The van der Waals surface area contributed by atoms with E-state index in [0.29, 0.717) is 17.0 Å². The van der Waals surface area contributed by atoms with Crippen molar-refractivity contribution in [2.75, 3.05) is 24.4 Å². The van der Waals surface area contributed by atoms with Crippen molar-refractivity contribution in [1.82, 2.24) is 0 Å². The maximum Gasteiger partial charge on any atom is 0.282 e. The highest BCUT2D eigenvalue weighted by atomic mass is 19.1. The van der Waals surface area contributed by atoms with Gasteiger partial charge in [-0.05, 0) is 54.1 Å². The number of ether oxygens (including phenoxy) is 2. The minimum atomic E-state index is -0.637. The molecule has 0 saturated heterocycles. The molecule has 0 unspecified atom stereocenters. The normalized spacial score (nSPS) is 13.6. The molecule has 32 heavy (non-hydrogen) atoms. The van der Waals surface area contributed by atoms with Crippen molar-refractivity contribution in [3.8, 4) is 11.5 Å². The highest BCUT2D eigenvalue weighted by Gasteiger charge is 2.41. The maximum atomic E-state index is 13.5. The fourth-order valence-electron chi connectivity index (χ4n) is 3.40. The zero-order valence-corrected chi connectivity index (χ0v) is 17.2. The van der Waals surface area contributed by atoms with Gasteiger partial charge in [-0.1, -0.05) is 12.1 Å². The predicted molar refractivity (Wildman–Crippen MR) is 115 cm³/mol. The molecule has 0 atom stereocenters. The van der Waals surface area contributed by atoms with E-state index in [0.717, 1.165) is 4.90 Å². The fraction of sp³-hybridized carbons (Fsp3) is 0.0833. The number of rotatable bonds is 6. The van der Waals surface area contributed by atoms with E-state index in [-0.39, 0.29) is 22.7 Å². The van der Waals surface area contributed by atoms with Crippen LogP contribution in [-0.4, -0.2) is 26.0 Å². The Morgan fingerprint density at radius 3 is 2.00 bits per heavy atom. The largest absolute Gasteiger partial charge is 0.497 e. The van der Waals surface area contributed by atoms with E-state index in [1.54, 1.807) is 12.1 Å². The first-order valence-electron chi connectivity index (χ1n) is 9.56. The van der Waals surface area contributed by atoms with Crippen molar-refractivity contribution in [2.24, 2.45) is 0 Å². The first kappa shape index (κ1) is 21.0. The summed E-state index contributed by atoms with van der Waals surface area (Å²) in [5.41, 5.74) is 1.01. The molecule has 1 N–H and O–H groups in total. The topological polar surface area (TPSA) is 67.9 Å². The highest BCUT2D eigenvalue weighted by Crippen LogP contribution is 2.39. The number of halogens is 2. The zero-order valence-electron chi connectivity index (χ0n) is 17.2. The molecule has 0 spiro atoms. The standard InChI is InChI=1S/C24H18F2N2O4/c1-31-18-11-12-19(20(13-18)32-2)28-23(29)21(14-3-5-15(25)6-4-14)22(24(28)30)27-17-9-7-16(26)8-10-17/h3-13,27H,1-2H3. The number of hydrogen-bond donors (Lipinski definition) is 1. The van der Waals surface area contributed by atoms with Crippen LogP contribution in [0.3, 0.4) is 0 Å². The van der Waals surface area contributed by atoms with Crippen LogP contribution in [0.5, 0.6) is 11.5 Å². The summed E-state index contributed by atoms with van der Waals surface area (Å²) in [7, 11) is 2.90. The minimum absolute atomic E-state index is 0.0221. The number of anilines is 2. The van der Waals surface area contributed by atoms with Gasteiger partial charge in [0.15, 0.2) is 0 Å². The average Bonchev–Trinajstić information content (AvgIpc) is 3.04. The third-order valence-electron chi connectivity index (χ3n) is 4.96. The van der Waals surface area contributed by atoms with Crippen LogP contribution in [0.2, 0.25) is 0 Å². The highest BCUT2D eigenvalue weighted by molar-refractivity contribution is 6.46. The Morgan fingerprint density at radius 1 is 0.781 bits per heavy atom. The van der Waals surface area contributed by atoms with Crippen molar-refractivity contribution < 1.29 is 27.8 Å². The van der Waals surface area contributed by atoms with Crippen molar-refractivity contribution in [1.29, 1.82) is 0 Å². The molecule has 162 valence electrons. The summed E-state index contributed by atoms with van der Waals surface area (Å²) in [6, 6.07) is 15.3. The number of hydrogen-bond acceptors (Lipinski definition) is 5. The van der Waals surface area contributed by atoms with Gasteiger partial charge < -0.3 is 14.8 Å². The molecule has 0 aromatic heterocycles. The molecule has 1 aliphatic heterocycles. The Hall–Kier alpha value is -4.20. The average molecular weight is 436 g/mol. The molecule has 8 heteroatoms. The number of nitrogens with one attached hydrogen (secondary N) is 1. The maximum absolute atomic E-state index is 13.5. The van der Waals surface area contributed by atoms with Gasteiger partial charge >= 0.3 is 0 Å². The van der Waals surface area contributed by atoms with E-state index >= 15 is 0 Å². The van der Waals surface area contributed by atoms with E-state index in [4.69, 9.17) is 9.47 Å². The molecule has 0 aliphatic carbocycles. The summed E-state index contributed by atoms with van der Waals surface area (Å²) in [4.78, 5) is 27.8. The van der Waals surface area contributed by atoms with Gasteiger partial charge in [0.2, 0.25) is 0 Å². The lowest BCUT2D eigenvalue weighted by Gasteiger charge is -2.19. The van der Waals surface area contributed by atoms with Crippen molar-refractivity contribution in [3.63, 3.8) is 0 Å². The summed E-state index contributed by atoms with van der Waals surface area (Å²) in [6.45, 7) is 0. The molecule has 2 amide bonds. The third kappa shape index (κ3) is 3.78. The number of nitrogens with zero attached hydrogens (tertiary/aromatic N) is 1. The van der Waals surface area contributed by atoms with Gasteiger partial charge in [-0.15, -0.1) is 0 Å². The molecule has 0 saturated carbocycles. The monoisotopic (exact) mass is 436 g/mol. The molecule has 1 aliphatic rings. The molecule has 6 nitrogen and oxygen atoms in total. The van der Waals surface area contributed by atoms with Crippen LogP contribution in [0.4, 0.5) is 20.2 Å². The number of imide groups is 1. The number of carbonyl (C=O) groups is 2. The van der Waals surface area contributed by atoms with Gasteiger partial charge in [-0.3, -0.25) is 9.59 Å². The summed E-state index contributed by atoms with van der Waals surface area (Å²) in [6.07, 6.45) is 0. The molecular weight excluding hydrogens is 418 g/mol. The van der Waals surface area contributed by atoms with Gasteiger partial charge in [0.1, 0.15) is 28.8 Å². The molecule has 0 fully saturated rings. The Kier molecular flexibility index (Phi) is 5.59. The Balaban J connectivity index is 1.83. The van der Waals surface area contributed by atoms with E-state index in [1.165, 1.54) is 68.8 Å². The minimum Gasteiger partial charge on any atom is -0.497 e.